The van der Waals surface area contributed by atoms with E-state index in [1.165, 1.54) is 10.9 Å². The summed E-state index contributed by atoms with van der Waals surface area (Å²) < 4.78 is 1.46. The van der Waals surface area contributed by atoms with E-state index in [1.54, 1.807) is 7.05 Å². The van der Waals surface area contributed by atoms with E-state index in [0.717, 1.165) is 12.8 Å². The highest BCUT2D eigenvalue weighted by Gasteiger charge is 2.17. The average molecular weight is 252 g/mol. The van der Waals surface area contributed by atoms with E-state index in [9.17, 15) is 9.59 Å². The number of anilines is 1. The van der Waals surface area contributed by atoms with Crippen molar-refractivity contribution in [1.82, 2.24) is 15.1 Å². The van der Waals surface area contributed by atoms with Crippen molar-refractivity contribution in [3.63, 3.8) is 0 Å². The van der Waals surface area contributed by atoms with Gasteiger partial charge < -0.3 is 10.6 Å². The molecule has 0 aliphatic heterocycles. The molecule has 1 aromatic heterocycles. The lowest BCUT2D eigenvalue weighted by Gasteiger charge is -2.07. The quantitative estimate of drug-likeness (QED) is 0.801. The molecule has 0 fully saturated rings. The van der Waals surface area contributed by atoms with E-state index in [4.69, 9.17) is 0 Å². The van der Waals surface area contributed by atoms with Crippen molar-refractivity contribution < 1.29 is 9.59 Å². The van der Waals surface area contributed by atoms with Crippen LogP contribution in [-0.2, 0) is 11.8 Å². The van der Waals surface area contributed by atoms with Crippen molar-refractivity contribution in [1.29, 1.82) is 0 Å². The number of aryl methyl sites for hydroxylation is 1. The minimum absolute atomic E-state index is 0.102. The zero-order valence-corrected chi connectivity index (χ0v) is 11.1. The monoisotopic (exact) mass is 252 g/mol. The fourth-order valence-electron chi connectivity index (χ4n) is 1.56. The van der Waals surface area contributed by atoms with Gasteiger partial charge >= 0.3 is 0 Å². The predicted molar refractivity (Wildman–Crippen MR) is 69.4 cm³/mol. The smallest absolute Gasteiger partial charge is 0.271 e. The number of nitrogens with one attached hydrogen (secondary N) is 2. The number of carbonyl (C=O) groups excluding carboxylic acids is 2. The van der Waals surface area contributed by atoms with Gasteiger partial charge in [-0.25, -0.2) is 0 Å². The Kier molecular flexibility index (Phi) is 5.35. The fourth-order valence-corrected chi connectivity index (χ4v) is 1.56. The van der Waals surface area contributed by atoms with Crippen LogP contribution in [0.25, 0.3) is 0 Å². The second-order valence-corrected chi connectivity index (χ2v) is 4.08. The molecule has 0 saturated carbocycles. The molecular formula is C12H20N4O2. The van der Waals surface area contributed by atoms with Gasteiger partial charge in [0.2, 0.25) is 5.91 Å². The first-order valence-corrected chi connectivity index (χ1v) is 6.20. The van der Waals surface area contributed by atoms with Crippen LogP contribution in [0.2, 0.25) is 0 Å². The average Bonchev–Trinajstić information content (AvgIpc) is 2.67. The summed E-state index contributed by atoms with van der Waals surface area (Å²) in [5.74, 6) is -0.321. The van der Waals surface area contributed by atoms with Gasteiger partial charge in [0.15, 0.2) is 0 Å². The molecule has 0 aliphatic rings. The molecule has 2 amide bonds. The second kappa shape index (κ2) is 6.78. The first-order chi connectivity index (χ1) is 8.60. The fraction of sp³-hybridized carbons (Fsp3) is 0.583. The highest BCUT2D eigenvalue weighted by molar-refractivity contribution is 6.02. The number of hydrogen-bond acceptors (Lipinski definition) is 3. The summed E-state index contributed by atoms with van der Waals surface area (Å²) >= 11 is 0. The Balaban J connectivity index is 2.80. The molecule has 1 heterocycles. The van der Waals surface area contributed by atoms with Crippen molar-refractivity contribution in [2.45, 2.75) is 33.1 Å². The van der Waals surface area contributed by atoms with Crippen LogP contribution in [0.15, 0.2) is 6.20 Å². The minimum Gasteiger partial charge on any atom is -0.351 e. The van der Waals surface area contributed by atoms with Gasteiger partial charge in [0.05, 0.1) is 11.9 Å². The molecule has 0 aromatic carbocycles. The third-order valence-corrected chi connectivity index (χ3v) is 2.44. The Bertz CT molecular complexity index is 426. The molecule has 1 aromatic rings. The standard InChI is InChI=1S/C12H20N4O2/c1-4-6-10(17)15-9-8-14-16(3)11(9)12(18)13-7-5-2/h8H,4-7H2,1-3H3,(H,13,18)(H,15,17). The lowest BCUT2D eigenvalue weighted by atomic mass is 10.3. The number of amides is 2. The van der Waals surface area contributed by atoms with Crippen LogP contribution in [-0.4, -0.2) is 28.1 Å². The highest BCUT2D eigenvalue weighted by atomic mass is 16.2. The number of hydrogen-bond donors (Lipinski definition) is 2. The summed E-state index contributed by atoms with van der Waals surface area (Å²) in [5.41, 5.74) is 0.845. The van der Waals surface area contributed by atoms with Crippen LogP contribution < -0.4 is 10.6 Å². The maximum absolute atomic E-state index is 11.9. The van der Waals surface area contributed by atoms with Crippen molar-refractivity contribution in [2.24, 2.45) is 7.05 Å². The Hall–Kier alpha value is -1.85. The lowest BCUT2D eigenvalue weighted by molar-refractivity contribution is -0.116. The van der Waals surface area contributed by atoms with Gasteiger partial charge in [-0.15, -0.1) is 0 Å². The van der Waals surface area contributed by atoms with Gasteiger partial charge in [0.25, 0.3) is 5.91 Å². The summed E-state index contributed by atoms with van der Waals surface area (Å²) in [6, 6.07) is 0. The first-order valence-electron chi connectivity index (χ1n) is 6.20. The Labute approximate surface area is 107 Å². The van der Waals surface area contributed by atoms with Crippen molar-refractivity contribution in [2.75, 3.05) is 11.9 Å². The molecule has 0 aliphatic carbocycles. The van der Waals surface area contributed by atoms with Crippen LogP contribution in [0.4, 0.5) is 5.69 Å². The Morgan fingerprint density at radius 3 is 2.67 bits per heavy atom. The molecule has 1 rings (SSSR count). The van der Waals surface area contributed by atoms with E-state index in [-0.39, 0.29) is 11.8 Å². The van der Waals surface area contributed by atoms with Gasteiger partial charge in [-0.3, -0.25) is 14.3 Å². The van der Waals surface area contributed by atoms with Gasteiger partial charge in [0, 0.05) is 20.0 Å². The summed E-state index contributed by atoms with van der Waals surface area (Å²) in [7, 11) is 1.68. The molecule has 6 nitrogen and oxygen atoms in total. The number of aromatic nitrogens is 2. The topological polar surface area (TPSA) is 76.0 Å². The zero-order valence-electron chi connectivity index (χ0n) is 11.1. The van der Waals surface area contributed by atoms with Crippen LogP contribution >= 0.6 is 0 Å². The molecule has 0 unspecified atom stereocenters. The van der Waals surface area contributed by atoms with E-state index in [1.807, 2.05) is 13.8 Å². The predicted octanol–water partition coefficient (Wildman–Crippen LogP) is 1.30. The van der Waals surface area contributed by atoms with Gasteiger partial charge in [0.1, 0.15) is 5.69 Å². The van der Waals surface area contributed by atoms with E-state index >= 15 is 0 Å². The van der Waals surface area contributed by atoms with Gasteiger partial charge in [-0.05, 0) is 12.8 Å². The zero-order chi connectivity index (χ0) is 13.5. The number of rotatable bonds is 6. The summed E-state index contributed by atoms with van der Waals surface area (Å²) in [4.78, 5) is 23.5. The summed E-state index contributed by atoms with van der Waals surface area (Å²) in [6.07, 6.45) is 3.56. The van der Waals surface area contributed by atoms with Crippen LogP contribution in [0.3, 0.4) is 0 Å². The molecule has 0 atom stereocenters. The SMILES string of the molecule is CCCNC(=O)c1c(NC(=O)CCC)cnn1C. The van der Waals surface area contributed by atoms with Gasteiger partial charge in [-0.2, -0.15) is 5.10 Å². The number of nitrogens with zero attached hydrogens (tertiary/aromatic N) is 2. The van der Waals surface area contributed by atoms with Crippen LogP contribution in [0, 0.1) is 0 Å². The second-order valence-electron chi connectivity index (χ2n) is 4.08. The van der Waals surface area contributed by atoms with Crippen LogP contribution in [0.5, 0.6) is 0 Å². The molecule has 0 saturated heterocycles. The maximum atomic E-state index is 11.9. The molecule has 0 bridgehead atoms. The third-order valence-electron chi connectivity index (χ3n) is 2.44. The molecule has 0 radical (unpaired) electrons. The largest absolute Gasteiger partial charge is 0.351 e. The van der Waals surface area contributed by atoms with Crippen molar-refractivity contribution in [3.8, 4) is 0 Å². The van der Waals surface area contributed by atoms with Gasteiger partial charge in [-0.1, -0.05) is 13.8 Å². The van der Waals surface area contributed by atoms with Crippen LogP contribution in [0.1, 0.15) is 43.6 Å². The van der Waals surface area contributed by atoms with Crippen molar-refractivity contribution >= 4 is 17.5 Å². The minimum atomic E-state index is -0.219. The van der Waals surface area contributed by atoms with Crippen molar-refractivity contribution in [3.05, 3.63) is 11.9 Å². The third kappa shape index (κ3) is 3.58. The Morgan fingerprint density at radius 2 is 2.06 bits per heavy atom. The van der Waals surface area contributed by atoms with E-state index in [2.05, 4.69) is 15.7 Å². The molecule has 18 heavy (non-hydrogen) atoms. The summed E-state index contributed by atoms with van der Waals surface area (Å²) in [5, 5.41) is 9.48. The highest BCUT2D eigenvalue weighted by Crippen LogP contribution is 2.14. The summed E-state index contributed by atoms with van der Waals surface area (Å²) in [6.45, 7) is 4.51. The molecule has 6 heteroatoms. The Morgan fingerprint density at radius 1 is 1.33 bits per heavy atom. The van der Waals surface area contributed by atoms with E-state index in [0.29, 0.717) is 24.3 Å². The molecule has 100 valence electrons. The number of carbonyl (C=O) groups is 2. The van der Waals surface area contributed by atoms with E-state index < -0.39 is 0 Å². The first kappa shape index (κ1) is 14.2. The maximum Gasteiger partial charge on any atom is 0.271 e. The molecule has 2 N–H and O–H groups in total. The normalized spacial score (nSPS) is 10.2. The lowest BCUT2D eigenvalue weighted by Crippen LogP contribution is -2.27. The molecular weight excluding hydrogens is 232 g/mol. The molecule has 0 spiro atoms.